The molecule has 0 amide bonds. The minimum atomic E-state index is -0.511. The number of aliphatic hydroxyl groups excluding tert-OH is 1. The number of ether oxygens (including phenoxy) is 2. The van der Waals surface area contributed by atoms with Crippen molar-refractivity contribution < 1.29 is 14.6 Å². The topological polar surface area (TPSA) is 38.7 Å². The van der Waals surface area contributed by atoms with E-state index in [-0.39, 0.29) is 0 Å². The molecule has 0 radical (unpaired) electrons. The lowest BCUT2D eigenvalue weighted by molar-refractivity contribution is 0.0805. The summed E-state index contributed by atoms with van der Waals surface area (Å²) in [6.07, 6.45) is -0.511. The summed E-state index contributed by atoms with van der Waals surface area (Å²) in [5.41, 5.74) is 0.816. The fraction of sp³-hybridized carbons (Fsp3) is 0.571. The third-order valence-corrected chi connectivity index (χ3v) is 2.31. The van der Waals surface area contributed by atoms with Gasteiger partial charge in [0.15, 0.2) is 0 Å². The summed E-state index contributed by atoms with van der Waals surface area (Å²) in [5, 5.41) is 9.57. The quantitative estimate of drug-likeness (QED) is 0.742. The van der Waals surface area contributed by atoms with Crippen molar-refractivity contribution in [1.82, 2.24) is 0 Å². The number of benzene rings is 1. The van der Waals surface area contributed by atoms with Gasteiger partial charge in [-0.2, -0.15) is 0 Å². The molecular weight excluding hydrogens is 216 g/mol. The van der Waals surface area contributed by atoms with Crippen LogP contribution in [0.5, 0.6) is 5.75 Å². The molecule has 0 aliphatic carbocycles. The smallest absolute Gasteiger partial charge is 0.125 e. The fourth-order valence-corrected chi connectivity index (χ4v) is 1.49. The van der Waals surface area contributed by atoms with Crippen LogP contribution in [0.15, 0.2) is 24.3 Å². The van der Waals surface area contributed by atoms with Gasteiger partial charge >= 0.3 is 0 Å². The highest BCUT2D eigenvalue weighted by molar-refractivity contribution is 5.34. The molecule has 1 aromatic rings. The standard InChI is InChI=1S/C14H22O3/c1-11(2)10-16-8-9-17-14-7-5-4-6-13(14)12(3)15/h4-7,11-12,15H,8-10H2,1-3H3/t12-/m0/s1. The molecule has 0 heterocycles. The Hall–Kier alpha value is -1.06. The first-order chi connectivity index (χ1) is 8.11. The van der Waals surface area contributed by atoms with Crippen LogP contribution in [-0.2, 0) is 4.74 Å². The van der Waals surface area contributed by atoms with Crippen LogP contribution >= 0.6 is 0 Å². The van der Waals surface area contributed by atoms with Gasteiger partial charge in [0.2, 0.25) is 0 Å². The van der Waals surface area contributed by atoms with Crippen LogP contribution in [0.3, 0.4) is 0 Å². The van der Waals surface area contributed by atoms with Gasteiger partial charge in [-0.25, -0.2) is 0 Å². The number of aliphatic hydroxyl groups is 1. The van der Waals surface area contributed by atoms with Gasteiger partial charge in [-0.3, -0.25) is 0 Å². The van der Waals surface area contributed by atoms with E-state index in [1.54, 1.807) is 6.92 Å². The summed E-state index contributed by atoms with van der Waals surface area (Å²) in [5.74, 6) is 1.27. The van der Waals surface area contributed by atoms with E-state index in [4.69, 9.17) is 9.47 Å². The molecule has 96 valence electrons. The van der Waals surface area contributed by atoms with E-state index >= 15 is 0 Å². The average molecular weight is 238 g/mol. The van der Waals surface area contributed by atoms with Crippen molar-refractivity contribution in [3.63, 3.8) is 0 Å². The maximum absolute atomic E-state index is 9.57. The van der Waals surface area contributed by atoms with Crippen LogP contribution in [0.25, 0.3) is 0 Å². The molecule has 1 atom stereocenters. The third kappa shape index (κ3) is 5.20. The van der Waals surface area contributed by atoms with Crippen LogP contribution in [0.1, 0.15) is 32.4 Å². The fourth-order valence-electron chi connectivity index (χ4n) is 1.49. The van der Waals surface area contributed by atoms with Crippen molar-refractivity contribution in [2.24, 2.45) is 5.92 Å². The van der Waals surface area contributed by atoms with E-state index in [2.05, 4.69) is 13.8 Å². The van der Waals surface area contributed by atoms with Crippen molar-refractivity contribution in [2.75, 3.05) is 19.8 Å². The van der Waals surface area contributed by atoms with Gasteiger partial charge in [-0.05, 0) is 18.9 Å². The van der Waals surface area contributed by atoms with Gasteiger partial charge < -0.3 is 14.6 Å². The summed E-state index contributed by atoms with van der Waals surface area (Å²) in [4.78, 5) is 0. The lowest BCUT2D eigenvalue weighted by Gasteiger charge is -2.13. The second kappa shape index (κ2) is 7.30. The Bertz CT molecular complexity index is 321. The van der Waals surface area contributed by atoms with Crippen molar-refractivity contribution >= 4 is 0 Å². The van der Waals surface area contributed by atoms with Crippen molar-refractivity contribution in [2.45, 2.75) is 26.9 Å². The predicted molar refractivity (Wildman–Crippen MR) is 68.2 cm³/mol. The molecule has 0 unspecified atom stereocenters. The first-order valence-corrected chi connectivity index (χ1v) is 6.08. The maximum Gasteiger partial charge on any atom is 0.125 e. The molecule has 0 aliphatic heterocycles. The summed E-state index contributed by atoms with van der Waals surface area (Å²) in [7, 11) is 0. The number of hydrogen-bond donors (Lipinski definition) is 1. The van der Waals surface area contributed by atoms with Gasteiger partial charge in [-0.1, -0.05) is 32.0 Å². The molecule has 0 aromatic heterocycles. The Morgan fingerprint density at radius 3 is 2.47 bits per heavy atom. The molecule has 17 heavy (non-hydrogen) atoms. The van der Waals surface area contributed by atoms with Crippen LogP contribution in [0, 0.1) is 5.92 Å². The second-order valence-corrected chi connectivity index (χ2v) is 4.53. The zero-order valence-electron chi connectivity index (χ0n) is 10.8. The summed E-state index contributed by atoms with van der Waals surface area (Å²) in [6, 6.07) is 7.53. The van der Waals surface area contributed by atoms with Crippen molar-refractivity contribution in [3.05, 3.63) is 29.8 Å². The van der Waals surface area contributed by atoms with Crippen molar-refractivity contribution in [1.29, 1.82) is 0 Å². The molecule has 1 rings (SSSR count). The number of rotatable bonds is 7. The Morgan fingerprint density at radius 1 is 1.12 bits per heavy atom. The minimum absolute atomic E-state index is 0.510. The third-order valence-electron chi connectivity index (χ3n) is 2.31. The van der Waals surface area contributed by atoms with Gasteiger partial charge in [0.25, 0.3) is 0 Å². The molecule has 0 fully saturated rings. The molecule has 0 bridgehead atoms. The second-order valence-electron chi connectivity index (χ2n) is 4.53. The normalized spacial score (nSPS) is 12.8. The Kier molecular flexibility index (Phi) is 6.01. The molecule has 0 aliphatic rings. The van der Waals surface area contributed by atoms with Gasteiger partial charge in [0, 0.05) is 12.2 Å². The first kappa shape index (κ1) is 14.0. The molecule has 0 saturated carbocycles. The van der Waals surface area contributed by atoms with Crippen LogP contribution in [0.2, 0.25) is 0 Å². The molecule has 0 spiro atoms. The SMILES string of the molecule is CC(C)COCCOc1ccccc1[C@H](C)O. The van der Waals surface area contributed by atoms with E-state index in [1.165, 1.54) is 0 Å². The van der Waals surface area contributed by atoms with Gasteiger partial charge in [-0.15, -0.1) is 0 Å². The molecule has 1 aromatic carbocycles. The minimum Gasteiger partial charge on any atom is -0.491 e. The zero-order chi connectivity index (χ0) is 12.7. The molecule has 3 heteroatoms. The number of para-hydroxylation sites is 1. The Morgan fingerprint density at radius 2 is 1.82 bits per heavy atom. The highest BCUT2D eigenvalue weighted by Gasteiger charge is 2.07. The molecule has 0 saturated heterocycles. The predicted octanol–water partition coefficient (Wildman–Crippen LogP) is 2.79. The van der Waals surface area contributed by atoms with Gasteiger partial charge in [0.1, 0.15) is 12.4 Å². The van der Waals surface area contributed by atoms with E-state index in [0.29, 0.717) is 19.1 Å². The number of hydrogen-bond acceptors (Lipinski definition) is 3. The molecular formula is C14H22O3. The van der Waals surface area contributed by atoms with E-state index in [0.717, 1.165) is 17.9 Å². The van der Waals surface area contributed by atoms with Crippen LogP contribution in [-0.4, -0.2) is 24.9 Å². The lowest BCUT2D eigenvalue weighted by atomic mass is 10.1. The molecule has 1 N–H and O–H groups in total. The van der Waals surface area contributed by atoms with E-state index < -0.39 is 6.10 Å². The lowest BCUT2D eigenvalue weighted by Crippen LogP contribution is -2.11. The zero-order valence-corrected chi connectivity index (χ0v) is 10.8. The highest BCUT2D eigenvalue weighted by Crippen LogP contribution is 2.24. The van der Waals surface area contributed by atoms with Crippen LogP contribution < -0.4 is 4.74 Å². The first-order valence-electron chi connectivity index (χ1n) is 6.08. The summed E-state index contributed by atoms with van der Waals surface area (Å²) in [6.45, 7) is 7.80. The Labute approximate surface area is 103 Å². The Balaban J connectivity index is 2.36. The maximum atomic E-state index is 9.57. The largest absolute Gasteiger partial charge is 0.491 e. The highest BCUT2D eigenvalue weighted by atomic mass is 16.5. The van der Waals surface area contributed by atoms with Gasteiger partial charge in [0.05, 0.1) is 12.7 Å². The average Bonchev–Trinajstić information content (AvgIpc) is 2.28. The monoisotopic (exact) mass is 238 g/mol. The summed E-state index contributed by atoms with van der Waals surface area (Å²) >= 11 is 0. The van der Waals surface area contributed by atoms with E-state index in [9.17, 15) is 5.11 Å². The van der Waals surface area contributed by atoms with Crippen LogP contribution in [0.4, 0.5) is 0 Å². The van der Waals surface area contributed by atoms with Crippen molar-refractivity contribution in [3.8, 4) is 5.75 Å². The van der Waals surface area contributed by atoms with E-state index in [1.807, 2.05) is 24.3 Å². The molecule has 3 nitrogen and oxygen atoms in total. The summed E-state index contributed by atoms with van der Waals surface area (Å²) < 4.78 is 11.0.